The van der Waals surface area contributed by atoms with Gasteiger partial charge in [-0.1, -0.05) is 13.3 Å². The molecule has 4 aliphatic rings. The molecule has 0 aliphatic heterocycles. The number of aliphatic hydroxyl groups excluding tert-OH is 2. The third-order valence-corrected chi connectivity index (χ3v) is 8.99. The number of hydrogen-bond acceptors (Lipinski definition) is 3. The highest BCUT2D eigenvalue weighted by Gasteiger charge is 2.67. The number of hydrogen-bond donors (Lipinski definition) is 3. The van der Waals surface area contributed by atoms with Crippen LogP contribution in [0.3, 0.4) is 0 Å². The molecule has 4 fully saturated rings. The molecule has 3 N–H and O–H groups in total. The van der Waals surface area contributed by atoms with Crippen LogP contribution in [0.5, 0.6) is 0 Å². The number of aliphatic hydroxyl groups is 3. The van der Waals surface area contributed by atoms with Gasteiger partial charge in [0.1, 0.15) is 0 Å². The average Bonchev–Trinajstić information content (AvgIpc) is 2.71. The van der Waals surface area contributed by atoms with Crippen molar-refractivity contribution in [1.82, 2.24) is 0 Å². The van der Waals surface area contributed by atoms with Crippen LogP contribution in [0.4, 0.5) is 0 Å². The molecule has 7 atom stereocenters. The fourth-order valence-corrected chi connectivity index (χ4v) is 8.09. The van der Waals surface area contributed by atoms with Crippen LogP contribution in [-0.2, 0) is 0 Å². The zero-order chi connectivity index (χ0) is 16.5. The van der Waals surface area contributed by atoms with Crippen LogP contribution >= 0.6 is 0 Å². The summed E-state index contributed by atoms with van der Waals surface area (Å²) in [5, 5.41) is 31.5. The first-order valence-corrected chi connectivity index (χ1v) is 9.76. The molecule has 4 rings (SSSR count). The molecule has 0 unspecified atom stereocenters. The van der Waals surface area contributed by atoms with Crippen molar-refractivity contribution >= 4 is 0 Å². The summed E-state index contributed by atoms with van der Waals surface area (Å²) in [4.78, 5) is 0. The van der Waals surface area contributed by atoms with E-state index in [2.05, 4.69) is 6.92 Å². The predicted molar refractivity (Wildman–Crippen MR) is 89.8 cm³/mol. The van der Waals surface area contributed by atoms with E-state index < -0.39 is 5.60 Å². The molecule has 0 saturated heterocycles. The molecule has 3 nitrogen and oxygen atoms in total. The molecular weight excluding hydrogens is 288 g/mol. The molecule has 0 aromatic rings. The first kappa shape index (κ1) is 16.4. The third-order valence-electron chi connectivity index (χ3n) is 8.99. The molecule has 1 spiro atoms. The molecule has 0 aromatic heterocycles. The summed E-state index contributed by atoms with van der Waals surface area (Å²) < 4.78 is 0. The highest BCUT2D eigenvalue weighted by atomic mass is 16.3. The van der Waals surface area contributed by atoms with Crippen LogP contribution in [0, 0.1) is 34.0 Å². The van der Waals surface area contributed by atoms with Crippen LogP contribution in [-0.4, -0.2) is 34.1 Å². The third kappa shape index (κ3) is 1.99. The largest absolute Gasteiger partial charge is 0.396 e. The van der Waals surface area contributed by atoms with E-state index in [9.17, 15) is 15.3 Å². The van der Waals surface area contributed by atoms with Crippen molar-refractivity contribution in [3.05, 3.63) is 0 Å². The molecule has 4 saturated carbocycles. The van der Waals surface area contributed by atoms with Crippen LogP contribution in [0.15, 0.2) is 0 Å². The molecular formula is C20H34O3. The first-order valence-electron chi connectivity index (χ1n) is 9.76. The van der Waals surface area contributed by atoms with Crippen molar-refractivity contribution in [2.24, 2.45) is 34.0 Å². The second-order valence-corrected chi connectivity index (χ2v) is 10.1. The Morgan fingerprint density at radius 2 is 1.70 bits per heavy atom. The van der Waals surface area contributed by atoms with Gasteiger partial charge in [0, 0.05) is 18.6 Å². The van der Waals surface area contributed by atoms with Gasteiger partial charge in [-0.3, -0.25) is 0 Å². The van der Waals surface area contributed by atoms with Crippen molar-refractivity contribution in [3.63, 3.8) is 0 Å². The zero-order valence-electron chi connectivity index (χ0n) is 14.9. The summed E-state index contributed by atoms with van der Waals surface area (Å²) in [6.07, 6.45) is 10.0. The summed E-state index contributed by atoms with van der Waals surface area (Å²) >= 11 is 0. The maximum absolute atomic E-state index is 10.9. The van der Waals surface area contributed by atoms with Crippen LogP contribution in [0.1, 0.15) is 71.6 Å². The Hall–Kier alpha value is -0.120. The van der Waals surface area contributed by atoms with E-state index in [1.165, 1.54) is 12.8 Å². The molecule has 0 amide bonds. The van der Waals surface area contributed by atoms with Gasteiger partial charge in [0.25, 0.3) is 0 Å². The molecule has 3 heteroatoms. The predicted octanol–water partition coefficient (Wildman–Crippen LogP) is 3.12. The molecule has 0 aromatic carbocycles. The Bertz CT molecular complexity index is 489. The van der Waals surface area contributed by atoms with Gasteiger partial charge in [-0.15, -0.1) is 0 Å². The molecule has 0 heterocycles. The van der Waals surface area contributed by atoms with Crippen LogP contribution in [0.25, 0.3) is 0 Å². The van der Waals surface area contributed by atoms with Crippen LogP contribution < -0.4 is 0 Å². The quantitative estimate of drug-likeness (QED) is 0.732. The normalized spacial score (nSPS) is 58.6. The fourth-order valence-electron chi connectivity index (χ4n) is 8.09. The minimum absolute atomic E-state index is 0.0145. The SMILES string of the molecule is C[C@@]1(CO)CCC[C@]2(CO)[C@@H]1CC[C@@]13C[C@@H](CC[C@H]12)[C@](C)(O)C3. The summed E-state index contributed by atoms with van der Waals surface area (Å²) in [6, 6.07) is 0. The van der Waals surface area contributed by atoms with Gasteiger partial charge in [-0.05, 0) is 86.9 Å². The maximum Gasteiger partial charge on any atom is 0.0653 e. The lowest BCUT2D eigenvalue weighted by atomic mass is 9.40. The van der Waals surface area contributed by atoms with E-state index in [0.29, 0.717) is 17.8 Å². The van der Waals surface area contributed by atoms with Gasteiger partial charge >= 0.3 is 0 Å². The first-order chi connectivity index (χ1) is 10.8. The van der Waals surface area contributed by atoms with E-state index in [4.69, 9.17) is 0 Å². The van der Waals surface area contributed by atoms with Gasteiger partial charge in [-0.2, -0.15) is 0 Å². The second kappa shape index (κ2) is 4.95. The summed E-state index contributed by atoms with van der Waals surface area (Å²) in [5.41, 5.74) is -0.299. The van der Waals surface area contributed by atoms with Gasteiger partial charge in [-0.25, -0.2) is 0 Å². The summed E-state index contributed by atoms with van der Waals surface area (Å²) in [7, 11) is 0. The smallest absolute Gasteiger partial charge is 0.0653 e. The van der Waals surface area contributed by atoms with Crippen molar-refractivity contribution in [3.8, 4) is 0 Å². The Balaban J connectivity index is 1.75. The zero-order valence-corrected chi connectivity index (χ0v) is 14.9. The lowest BCUT2D eigenvalue weighted by Gasteiger charge is -2.64. The summed E-state index contributed by atoms with van der Waals surface area (Å²) in [6.45, 7) is 4.81. The number of rotatable bonds is 2. The van der Waals surface area contributed by atoms with E-state index >= 15 is 0 Å². The van der Waals surface area contributed by atoms with Gasteiger partial charge in [0.2, 0.25) is 0 Å². The van der Waals surface area contributed by atoms with Crippen molar-refractivity contribution in [1.29, 1.82) is 0 Å². The maximum atomic E-state index is 10.9. The van der Waals surface area contributed by atoms with Crippen molar-refractivity contribution in [2.45, 2.75) is 77.2 Å². The highest BCUT2D eigenvalue weighted by molar-refractivity contribution is 5.17. The van der Waals surface area contributed by atoms with Gasteiger partial charge in [0.15, 0.2) is 0 Å². The standard InChI is InChI=1S/C20H34O3/c1-17(12-21)7-3-8-20(13-22)15(17)6-9-19-10-14(4-5-16(19)20)18(2,23)11-19/h14-16,21-23H,3-13H2,1-2H3/t14-,15-,16-,17+,18-,19+,20+/m1/s1. The molecule has 132 valence electrons. The lowest BCUT2D eigenvalue weighted by molar-refractivity contribution is -0.185. The molecule has 23 heavy (non-hydrogen) atoms. The topological polar surface area (TPSA) is 60.7 Å². The van der Waals surface area contributed by atoms with Gasteiger partial charge in [0.05, 0.1) is 5.60 Å². The number of fused-ring (bicyclic) bond motifs is 3. The fraction of sp³-hybridized carbons (Fsp3) is 1.00. The van der Waals surface area contributed by atoms with E-state index in [1.807, 2.05) is 6.92 Å². The summed E-state index contributed by atoms with van der Waals surface area (Å²) in [5.74, 6) is 1.44. The van der Waals surface area contributed by atoms with E-state index in [-0.39, 0.29) is 29.5 Å². The minimum Gasteiger partial charge on any atom is -0.396 e. The molecule has 2 bridgehead atoms. The molecule has 4 aliphatic carbocycles. The Morgan fingerprint density at radius 1 is 0.913 bits per heavy atom. The minimum atomic E-state index is -0.507. The Morgan fingerprint density at radius 3 is 2.39 bits per heavy atom. The van der Waals surface area contributed by atoms with E-state index in [0.717, 1.165) is 44.9 Å². The average molecular weight is 322 g/mol. The second-order valence-electron chi connectivity index (χ2n) is 10.1. The Labute approximate surface area is 140 Å². The van der Waals surface area contributed by atoms with E-state index in [1.54, 1.807) is 0 Å². The Kier molecular flexibility index (Phi) is 3.52. The van der Waals surface area contributed by atoms with Crippen LogP contribution in [0.2, 0.25) is 0 Å². The van der Waals surface area contributed by atoms with Crippen molar-refractivity contribution in [2.75, 3.05) is 13.2 Å². The highest BCUT2D eigenvalue weighted by Crippen LogP contribution is 2.72. The lowest BCUT2D eigenvalue weighted by Crippen LogP contribution is -2.60. The monoisotopic (exact) mass is 322 g/mol. The molecule has 0 radical (unpaired) electrons. The van der Waals surface area contributed by atoms with Crippen molar-refractivity contribution < 1.29 is 15.3 Å². The van der Waals surface area contributed by atoms with Gasteiger partial charge < -0.3 is 15.3 Å².